The van der Waals surface area contributed by atoms with Crippen LogP contribution in [0.3, 0.4) is 0 Å². The summed E-state index contributed by atoms with van der Waals surface area (Å²) >= 11 is 1.81. The van der Waals surface area contributed by atoms with E-state index in [4.69, 9.17) is 4.74 Å². The summed E-state index contributed by atoms with van der Waals surface area (Å²) in [6.07, 6.45) is 5.59. The normalized spacial score (nSPS) is 20.2. The summed E-state index contributed by atoms with van der Waals surface area (Å²) < 4.78 is 5.26. The van der Waals surface area contributed by atoms with Crippen LogP contribution in [0, 0.1) is 20.8 Å². The Kier molecular flexibility index (Phi) is 8.58. The highest BCUT2D eigenvalue weighted by atomic mass is 32.1. The van der Waals surface area contributed by atoms with Gasteiger partial charge in [-0.05, 0) is 77.6 Å². The molecule has 198 valence electrons. The molecule has 2 aliphatic rings. The minimum atomic E-state index is -0.0885. The second kappa shape index (κ2) is 11.5. The van der Waals surface area contributed by atoms with E-state index in [1.807, 2.05) is 36.2 Å². The number of anilines is 1. The van der Waals surface area contributed by atoms with E-state index in [2.05, 4.69) is 35.7 Å². The molecule has 36 heavy (non-hydrogen) atoms. The number of aromatic nitrogens is 1. The summed E-state index contributed by atoms with van der Waals surface area (Å²) in [4.78, 5) is 37.1. The van der Waals surface area contributed by atoms with Crippen LogP contribution in [0.2, 0.25) is 0 Å². The number of fused-ring (bicyclic) bond motifs is 1. The maximum atomic E-state index is 13.6. The average Bonchev–Trinajstić information content (AvgIpc) is 3.18. The lowest BCUT2D eigenvalue weighted by Gasteiger charge is -2.40. The van der Waals surface area contributed by atoms with Crippen molar-refractivity contribution in [2.45, 2.75) is 78.4 Å². The van der Waals surface area contributed by atoms with Crippen LogP contribution >= 0.6 is 11.3 Å². The number of rotatable bonds is 9. The maximum Gasteiger partial charge on any atom is 0.255 e. The van der Waals surface area contributed by atoms with Crippen LogP contribution < -0.4 is 10.5 Å². The standard InChI is InChI=1S/C28H42N4O3S/c1-7-32(22-10-8-21(9-11-22)30(5)14-15-35-6)28-20(4)25-24(36-28)12-13-31(27(25)34)17-23-18(2)16-19(3)29-26(23)33/h16,21-22H,7-15,17H2,1-6H3,(H,29,33)/t21-,22+. The van der Waals surface area contributed by atoms with Gasteiger partial charge in [0.1, 0.15) is 0 Å². The number of carbonyl (C=O) groups excluding carboxylic acids is 1. The summed E-state index contributed by atoms with van der Waals surface area (Å²) in [5, 5.41) is 1.26. The van der Waals surface area contributed by atoms with E-state index in [9.17, 15) is 9.59 Å². The van der Waals surface area contributed by atoms with E-state index in [-0.39, 0.29) is 11.5 Å². The first-order valence-corrected chi connectivity index (χ1v) is 14.1. The molecule has 0 aromatic carbocycles. The summed E-state index contributed by atoms with van der Waals surface area (Å²) in [5.41, 5.74) is 4.37. The van der Waals surface area contributed by atoms with Crippen LogP contribution in [-0.2, 0) is 17.7 Å². The van der Waals surface area contributed by atoms with Crippen LogP contribution in [0.5, 0.6) is 0 Å². The van der Waals surface area contributed by atoms with Crippen LogP contribution in [0.4, 0.5) is 5.00 Å². The number of aromatic amines is 1. The molecule has 4 rings (SSSR count). The molecular weight excluding hydrogens is 472 g/mol. The van der Waals surface area contributed by atoms with Gasteiger partial charge in [0.05, 0.1) is 23.7 Å². The van der Waals surface area contributed by atoms with Crippen LogP contribution in [0.1, 0.15) is 70.2 Å². The van der Waals surface area contributed by atoms with Crippen molar-refractivity contribution in [2.24, 2.45) is 0 Å². The second-order valence-electron chi connectivity index (χ2n) is 10.5. The third kappa shape index (κ3) is 5.41. The number of amides is 1. The van der Waals surface area contributed by atoms with E-state index >= 15 is 0 Å². The van der Waals surface area contributed by atoms with Crippen molar-refractivity contribution in [3.05, 3.63) is 49.2 Å². The first-order valence-electron chi connectivity index (χ1n) is 13.3. The molecule has 3 heterocycles. The topological polar surface area (TPSA) is 68.9 Å². The molecule has 0 atom stereocenters. The molecule has 2 aromatic heterocycles. The smallest absolute Gasteiger partial charge is 0.255 e. The van der Waals surface area contributed by atoms with Crippen molar-refractivity contribution in [2.75, 3.05) is 45.3 Å². The molecule has 1 fully saturated rings. The van der Waals surface area contributed by atoms with Crippen molar-refractivity contribution < 1.29 is 9.53 Å². The minimum Gasteiger partial charge on any atom is -0.383 e. The number of carbonyl (C=O) groups is 1. The summed E-state index contributed by atoms with van der Waals surface area (Å²) in [5.74, 6) is 0.0650. The molecule has 7 nitrogen and oxygen atoms in total. The second-order valence-corrected chi connectivity index (χ2v) is 11.6. The minimum absolute atomic E-state index is 0.0650. The van der Waals surface area contributed by atoms with Crippen LogP contribution in [0.25, 0.3) is 0 Å². The van der Waals surface area contributed by atoms with E-state index in [0.29, 0.717) is 30.7 Å². The molecule has 8 heteroatoms. The molecule has 1 amide bonds. The van der Waals surface area contributed by atoms with Gasteiger partial charge < -0.3 is 24.4 Å². The predicted molar refractivity (Wildman–Crippen MR) is 148 cm³/mol. The molecule has 2 aromatic rings. The number of ether oxygens (including phenoxy) is 1. The van der Waals surface area contributed by atoms with E-state index in [1.54, 1.807) is 7.11 Å². The lowest BCUT2D eigenvalue weighted by molar-refractivity contribution is 0.0727. The van der Waals surface area contributed by atoms with Gasteiger partial charge >= 0.3 is 0 Å². The largest absolute Gasteiger partial charge is 0.383 e. The van der Waals surface area contributed by atoms with Gasteiger partial charge in [0, 0.05) is 61.4 Å². The number of pyridine rings is 1. The fraction of sp³-hybridized carbons (Fsp3) is 0.643. The first-order chi connectivity index (χ1) is 17.2. The number of likely N-dealkylation sites (N-methyl/N-ethyl adjacent to an activating group) is 1. The SMILES string of the molecule is CCN(c1sc2c(c1C)C(=O)N(Cc1c(C)cc(C)[nH]c1=O)CC2)[C@H]1CC[C@@H](N(C)CCOC)CC1. The van der Waals surface area contributed by atoms with Gasteiger partial charge in [-0.3, -0.25) is 9.59 Å². The molecule has 0 spiro atoms. The molecule has 0 unspecified atom stereocenters. The number of methoxy groups -OCH3 is 1. The number of hydrogen-bond acceptors (Lipinski definition) is 6. The Morgan fingerprint density at radius 2 is 1.83 bits per heavy atom. The molecular formula is C28H42N4O3S. The molecule has 1 aliphatic carbocycles. The Hall–Kier alpha value is -2.16. The van der Waals surface area contributed by atoms with Crippen molar-refractivity contribution in [1.29, 1.82) is 0 Å². The molecule has 1 saturated carbocycles. The Bertz CT molecular complexity index is 1130. The monoisotopic (exact) mass is 514 g/mol. The zero-order valence-corrected chi connectivity index (χ0v) is 23.6. The fourth-order valence-corrected chi connectivity index (χ4v) is 7.42. The van der Waals surface area contributed by atoms with Gasteiger partial charge in [-0.25, -0.2) is 0 Å². The summed E-state index contributed by atoms with van der Waals surface area (Å²) in [6.45, 7) is 11.9. The van der Waals surface area contributed by atoms with Crippen molar-refractivity contribution in [3.8, 4) is 0 Å². The molecule has 1 aliphatic heterocycles. The van der Waals surface area contributed by atoms with E-state index in [0.717, 1.165) is 48.5 Å². The van der Waals surface area contributed by atoms with Gasteiger partial charge in [-0.1, -0.05) is 0 Å². The lowest BCUT2D eigenvalue weighted by Crippen LogP contribution is -2.43. The fourth-order valence-electron chi connectivity index (χ4n) is 6.00. The Morgan fingerprint density at radius 1 is 1.14 bits per heavy atom. The van der Waals surface area contributed by atoms with Gasteiger partial charge in [0.15, 0.2) is 0 Å². The maximum absolute atomic E-state index is 13.6. The molecule has 0 radical (unpaired) electrons. The van der Waals surface area contributed by atoms with Crippen LogP contribution in [0.15, 0.2) is 10.9 Å². The average molecular weight is 515 g/mol. The van der Waals surface area contributed by atoms with Crippen molar-refractivity contribution >= 4 is 22.2 Å². The summed E-state index contributed by atoms with van der Waals surface area (Å²) in [6, 6.07) is 3.12. The molecule has 0 bridgehead atoms. The van der Waals surface area contributed by atoms with Crippen molar-refractivity contribution in [3.63, 3.8) is 0 Å². The number of thiophene rings is 1. The Balaban J connectivity index is 1.49. The van der Waals surface area contributed by atoms with E-state index in [1.165, 1.54) is 35.6 Å². The van der Waals surface area contributed by atoms with Gasteiger partial charge in [0.2, 0.25) is 0 Å². The quantitative estimate of drug-likeness (QED) is 0.541. The first kappa shape index (κ1) is 26.9. The van der Waals surface area contributed by atoms with Gasteiger partial charge in [0.25, 0.3) is 11.5 Å². The number of aryl methyl sites for hydroxylation is 2. The highest BCUT2D eigenvalue weighted by Gasteiger charge is 2.34. The molecule has 0 saturated heterocycles. The van der Waals surface area contributed by atoms with Gasteiger partial charge in [-0.2, -0.15) is 0 Å². The number of hydrogen-bond donors (Lipinski definition) is 1. The third-order valence-corrected chi connectivity index (χ3v) is 9.52. The Labute approximate surface area is 219 Å². The van der Waals surface area contributed by atoms with Crippen molar-refractivity contribution in [1.82, 2.24) is 14.8 Å². The Morgan fingerprint density at radius 3 is 2.47 bits per heavy atom. The zero-order valence-electron chi connectivity index (χ0n) is 22.8. The molecule has 1 N–H and O–H groups in total. The van der Waals surface area contributed by atoms with Gasteiger partial charge in [-0.15, -0.1) is 11.3 Å². The predicted octanol–water partition coefficient (Wildman–Crippen LogP) is 4.28. The highest BCUT2D eigenvalue weighted by Crippen LogP contribution is 2.41. The number of nitrogens with zero attached hydrogens (tertiary/aromatic N) is 3. The highest BCUT2D eigenvalue weighted by molar-refractivity contribution is 7.16. The zero-order chi connectivity index (χ0) is 26.0. The summed E-state index contributed by atoms with van der Waals surface area (Å²) in [7, 11) is 3.97. The lowest BCUT2D eigenvalue weighted by atomic mass is 9.89. The number of H-pyrrole nitrogens is 1. The number of nitrogens with one attached hydrogen (secondary N) is 1. The van der Waals surface area contributed by atoms with Crippen LogP contribution in [-0.4, -0.2) is 73.2 Å². The van der Waals surface area contributed by atoms with E-state index < -0.39 is 0 Å². The third-order valence-electron chi connectivity index (χ3n) is 8.13.